The number of nitrogens with two attached hydrogens (primary N) is 2. The van der Waals surface area contributed by atoms with Crippen LogP contribution in [0.25, 0.3) is 0 Å². The number of amides is 4. The molecule has 3 rings (SSSR count). The smallest absolute Gasteiger partial charge is 0.254 e. The van der Waals surface area contributed by atoms with Crippen LogP contribution in [0, 0.1) is 17.2 Å². The van der Waals surface area contributed by atoms with Crippen LogP contribution in [0.2, 0.25) is 0 Å². The molecule has 15 nitrogen and oxygen atoms in total. The van der Waals surface area contributed by atoms with Gasteiger partial charge in [0.25, 0.3) is 5.91 Å². The Labute approximate surface area is 210 Å². The van der Waals surface area contributed by atoms with E-state index in [1.807, 2.05) is 0 Å². The SMILES string of the molecule is N#CCC(=O)NN[C@@H]1C(=O)N(c2ccc(S(N)(=O)=O)cc2)C(=O)[C@H]1C(=O)Nc1ccc(S(N)(=O)=O)cc1. The molecule has 1 aliphatic heterocycles. The number of hydrazine groups is 1. The van der Waals surface area contributed by atoms with Gasteiger partial charge in [0.15, 0.2) is 0 Å². The first kappa shape index (κ1) is 27.4. The van der Waals surface area contributed by atoms with E-state index in [0.29, 0.717) is 4.90 Å². The number of hydrogen-bond donors (Lipinski definition) is 5. The lowest BCUT2D eigenvalue weighted by atomic mass is 10.0. The van der Waals surface area contributed by atoms with Gasteiger partial charge < -0.3 is 5.32 Å². The van der Waals surface area contributed by atoms with Crippen LogP contribution in [-0.4, -0.2) is 46.5 Å². The molecule has 1 fully saturated rings. The number of carbonyl (C=O) groups excluding carboxylic acids is 4. The monoisotopic (exact) mass is 549 g/mol. The van der Waals surface area contributed by atoms with Gasteiger partial charge in [0.1, 0.15) is 18.4 Å². The molecule has 2 aromatic carbocycles. The predicted octanol–water partition coefficient (Wildman–Crippen LogP) is -1.99. The Hall–Kier alpha value is -4.21. The van der Waals surface area contributed by atoms with Crippen LogP contribution < -0.4 is 31.3 Å². The van der Waals surface area contributed by atoms with Gasteiger partial charge in [-0.1, -0.05) is 0 Å². The summed E-state index contributed by atoms with van der Waals surface area (Å²) in [4.78, 5) is 51.2. The molecule has 1 heterocycles. The summed E-state index contributed by atoms with van der Waals surface area (Å²) in [5.41, 5.74) is 4.37. The van der Waals surface area contributed by atoms with Crippen LogP contribution in [-0.2, 0) is 39.2 Å². The minimum Gasteiger partial charge on any atom is -0.325 e. The molecule has 7 N–H and O–H groups in total. The fourth-order valence-electron chi connectivity index (χ4n) is 3.34. The van der Waals surface area contributed by atoms with Crippen LogP contribution in [0.15, 0.2) is 58.3 Å². The molecule has 0 aromatic heterocycles. The standard InChI is InChI=1S/C20H19N7O8S2/c21-10-9-15(28)25-26-17-16(18(29)24-11-1-5-13(6-2-11)36(22,32)33)19(30)27(20(17)31)12-3-7-14(8-4-12)37(23,34)35/h1-8,16-17,26H,9H2,(H,24,29)(H,25,28)(H2,22,32,33)(H2,23,34,35)/t16-,17+/m1/s1. The van der Waals surface area contributed by atoms with Gasteiger partial charge >= 0.3 is 0 Å². The summed E-state index contributed by atoms with van der Waals surface area (Å²) in [5, 5.41) is 21.1. The van der Waals surface area contributed by atoms with Gasteiger partial charge in [-0.2, -0.15) is 5.26 Å². The summed E-state index contributed by atoms with van der Waals surface area (Å²) in [7, 11) is -8.06. The number of sulfonamides is 2. The minimum absolute atomic E-state index is 0.0703. The summed E-state index contributed by atoms with van der Waals surface area (Å²) < 4.78 is 45.8. The lowest BCUT2D eigenvalue weighted by Gasteiger charge is -2.17. The first-order valence-electron chi connectivity index (χ1n) is 10.1. The average molecular weight is 550 g/mol. The van der Waals surface area contributed by atoms with E-state index >= 15 is 0 Å². The Balaban J connectivity index is 1.92. The van der Waals surface area contributed by atoms with Gasteiger partial charge in [-0.05, 0) is 48.5 Å². The average Bonchev–Trinajstić information content (AvgIpc) is 3.06. The normalized spacial score (nSPS) is 17.8. The summed E-state index contributed by atoms with van der Waals surface area (Å²) in [6.07, 6.45) is -0.576. The van der Waals surface area contributed by atoms with Crippen LogP contribution in [0.1, 0.15) is 6.42 Å². The van der Waals surface area contributed by atoms with Crippen LogP contribution in [0.4, 0.5) is 11.4 Å². The van der Waals surface area contributed by atoms with Crippen molar-refractivity contribution in [1.82, 2.24) is 10.9 Å². The Morgan fingerprint density at radius 1 is 0.892 bits per heavy atom. The second-order valence-corrected chi connectivity index (χ2v) is 10.7. The number of nitrogens with one attached hydrogen (secondary N) is 3. The lowest BCUT2D eigenvalue weighted by Crippen LogP contribution is -2.52. The number of imide groups is 1. The summed E-state index contributed by atoms with van der Waals surface area (Å²) in [6.45, 7) is 0. The first-order chi connectivity index (χ1) is 17.2. The fraction of sp³-hybridized carbons (Fsp3) is 0.150. The van der Waals surface area contributed by atoms with Crippen LogP contribution in [0.5, 0.6) is 0 Å². The summed E-state index contributed by atoms with van der Waals surface area (Å²) in [6, 6.07) is 9.00. The van der Waals surface area contributed by atoms with Crippen molar-refractivity contribution in [3.8, 4) is 6.07 Å². The second kappa shape index (κ2) is 10.4. The molecule has 17 heteroatoms. The minimum atomic E-state index is -4.06. The third-order valence-corrected chi connectivity index (χ3v) is 6.93. The molecule has 0 aliphatic carbocycles. The quantitative estimate of drug-likeness (QED) is 0.138. The molecule has 0 saturated carbocycles. The third-order valence-electron chi connectivity index (χ3n) is 5.07. The van der Waals surface area contributed by atoms with Crippen molar-refractivity contribution in [2.75, 3.05) is 10.2 Å². The number of primary sulfonamides is 2. The Morgan fingerprint density at radius 2 is 1.41 bits per heavy atom. The zero-order valence-corrected chi connectivity index (χ0v) is 20.2. The Morgan fingerprint density at radius 3 is 1.89 bits per heavy atom. The van der Waals surface area contributed by atoms with Crippen molar-refractivity contribution < 1.29 is 36.0 Å². The zero-order chi connectivity index (χ0) is 27.5. The Kier molecular flexibility index (Phi) is 7.71. The highest BCUT2D eigenvalue weighted by atomic mass is 32.2. The molecule has 1 saturated heterocycles. The van der Waals surface area contributed by atoms with Crippen LogP contribution in [0.3, 0.4) is 0 Å². The highest BCUT2D eigenvalue weighted by Gasteiger charge is 2.52. The van der Waals surface area contributed by atoms with Gasteiger partial charge in [0.05, 0.1) is 21.5 Å². The first-order valence-corrected chi connectivity index (χ1v) is 13.2. The van der Waals surface area contributed by atoms with Gasteiger partial charge in [-0.3, -0.25) is 24.6 Å². The highest BCUT2D eigenvalue weighted by Crippen LogP contribution is 2.29. The van der Waals surface area contributed by atoms with Gasteiger partial charge in [-0.15, -0.1) is 0 Å². The second-order valence-electron chi connectivity index (χ2n) is 7.59. The number of hydrogen-bond acceptors (Lipinski definition) is 10. The molecule has 0 spiro atoms. The molecule has 0 bridgehead atoms. The van der Waals surface area contributed by atoms with Gasteiger partial charge in [0.2, 0.25) is 37.8 Å². The fourth-order valence-corrected chi connectivity index (χ4v) is 4.37. The number of anilines is 2. The van der Waals surface area contributed by atoms with E-state index in [1.54, 1.807) is 6.07 Å². The van der Waals surface area contributed by atoms with E-state index in [1.165, 1.54) is 12.1 Å². The molecule has 2 aromatic rings. The molecule has 1 aliphatic rings. The van der Waals surface area contributed by atoms with Crippen LogP contribution >= 0.6 is 0 Å². The molecule has 0 unspecified atom stereocenters. The molecule has 0 radical (unpaired) electrons. The molecule has 2 atom stereocenters. The van der Waals surface area contributed by atoms with E-state index in [0.717, 1.165) is 36.4 Å². The topological polar surface area (TPSA) is 252 Å². The molecule has 37 heavy (non-hydrogen) atoms. The number of nitriles is 1. The van der Waals surface area contributed by atoms with E-state index in [-0.39, 0.29) is 21.2 Å². The molecule has 4 amide bonds. The maximum absolute atomic E-state index is 13.2. The van der Waals surface area contributed by atoms with Crippen molar-refractivity contribution in [3.05, 3.63) is 48.5 Å². The number of carbonyl (C=O) groups is 4. The Bertz CT molecular complexity index is 1520. The highest BCUT2D eigenvalue weighted by molar-refractivity contribution is 7.89. The maximum atomic E-state index is 13.2. The molecular weight excluding hydrogens is 530 g/mol. The third kappa shape index (κ3) is 6.14. The van der Waals surface area contributed by atoms with Crippen molar-refractivity contribution in [2.45, 2.75) is 22.3 Å². The summed E-state index contributed by atoms with van der Waals surface area (Å²) in [5.74, 6) is -5.53. The maximum Gasteiger partial charge on any atom is 0.254 e. The number of rotatable bonds is 8. The van der Waals surface area contributed by atoms with Crippen molar-refractivity contribution in [1.29, 1.82) is 5.26 Å². The van der Waals surface area contributed by atoms with E-state index < -0.39 is 62.1 Å². The van der Waals surface area contributed by atoms with E-state index in [9.17, 15) is 36.0 Å². The lowest BCUT2D eigenvalue weighted by molar-refractivity contribution is -0.131. The van der Waals surface area contributed by atoms with Gasteiger partial charge in [0, 0.05) is 5.69 Å². The number of nitrogens with zero attached hydrogens (tertiary/aromatic N) is 2. The zero-order valence-electron chi connectivity index (χ0n) is 18.6. The van der Waals surface area contributed by atoms with E-state index in [4.69, 9.17) is 15.5 Å². The van der Waals surface area contributed by atoms with Crippen molar-refractivity contribution in [2.24, 2.45) is 16.2 Å². The van der Waals surface area contributed by atoms with Crippen molar-refractivity contribution >= 4 is 55.1 Å². The largest absolute Gasteiger partial charge is 0.325 e. The molecule has 194 valence electrons. The summed E-state index contributed by atoms with van der Waals surface area (Å²) >= 11 is 0. The number of benzene rings is 2. The van der Waals surface area contributed by atoms with Gasteiger partial charge in [-0.25, -0.2) is 37.4 Å². The molecular formula is C20H19N7O8S2. The predicted molar refractivity (Wildman–Crippen MR) is 126 cm³/mol. The van der Waals surface area contributed by atoms with Crippen molar-refractivity contribution in [3.63, 3.8) is 0 Å². The van der Waals surface area contributed by atoms with E-state index in [2.05, 4.69) is 16.2 Å².